The van der Waals surface area contributed by atoms with Crippen molar-refractivity contribution < 1.29 is 9.47 Å². The van der Waals surface area contributed by atoms with Gasteiger partial charge in [-0.1, -0.05) is 13.3 Å². The molecule has 0 fully saturated rings. The summed E-state index contributed by atoms with van der Waals surface area (Å²) in [6, 6.07) is 3.86. The zero-order chi connectivity index (χ0) is 12.0. The van der Waals surface area contributed by atoms with Crippen LogP contribution >= 0.6 is 31.9 Å². The second kappa shape index (κ2) is 7.17. The highest BCUT2D eigenvalue weighted by molar-refractivity contribution is 9.13. The number of hydrogen-bond donors (Lipinski definition) is 0. The molecule has 16 heavy (non-hydrogen) atoms. The van der Waals surface area contributed by atoms with Crippen molar-refractivity contribution in [3.63, 3.8) is 0 Å². The van der Waals surface area contributed by atoms with Crippen molar-refractivity contribution >= 4 is 31.9 Å². The molecule has 90 valence electrons. The molecule has 0 atom stereocenters. The van der Waals surface area contributed by atoms with E-state index in [4.69, 9.17) is 9.47 Å². The molecule has 0 aliphatic heterocycles. The first kappa shape index (κ1) is 13.8. The topological polar surface area (TPSA) is 18.5 Å². The van der Waals surface area contributed by atoms with E-state index >= 15 is 0 Å². The summed E-state index contributed by atoms with van der Waals surface area (Å²) in [5.41, 5.74) is 0. The van der Waals surface area contributed by atoms with Gasteiger partial charge < -0.3 is 9.47 Å². The minimum Gasteiger partial charge on any atom is -0.490 e. The van der Waals surface area contributed by atoms with Crippen LogP contribution in [0.1, 0.15) is 26.7 Å². The van der Waals surface area contributed by atoms with Gasteiger partial charge in [0.15, 0.2) is 11.5 Å². The highest BCUT2D eigenvalue weighted by Gasteiger charge is 2.09. The summed E-state index contributed by atoms with van der Waals surface area (Å²) in [7, 11) is 0. The van der Waals surface area contributed by atoms with Crippen LogP contribution < -0.4 is 9.47 Å². The van der Waals surface area contributed by atoms with E-state index in [1.807, 2.05) is 19.1 Å². The molecule has 0 aromatic heterocycles. The SMILES string of the molecule is CCCCOc1cc(Br)c(Br)cc1OCC. The van der Waals surface area contributed by atoms with Crippen molar-refractivity contribution in [2.75, 3.05) is 13.2 Å². The molecule has 1 aromatic carbocycles. The molecule has 0 aliphatic rings. The first-order valence-corrected chi connectivity index (χ1v) is 7.02. The third-order valence-electron chi connectivity index (χ3n) is 2.04. The van der Waals surface area contributed by atoms with E-state index < -0.39 is 0 Å². The molecule has 0 heterocycles. The summed E-state index contributed by atoms with van der Waals surface area (Å²) in [5, 5.41) is 0. The van der Waals surface area contributed by atoms with Crippen molar-refractivity contribution in [2.45, 2.75) is 26.7 Å². The Bertz CT molecular complexity index is 340. The third kappa shape index (κ3) is 3.98. The predicted molar refractivity (Wildman–Crippen MR) is 73.4 cm³/mol. The largest absolute Gasteiger partial charge is 0.490 e. The van der Waals surface area contributed by atoms with Crippen molar-refractivity contribution in [1.29, 1.82) is 0 Å². The summed E-state index contributed by atoms with van der Waals surface area (Å²) in [6.07, 6.45) is 2.18. The lowest BCUT2D eigenvalue weighted by atomic mass is 10.3. The molecule has 0 bridgehead atoms. The Morgan fingerprint density at radius 3 is 2.06 bits per heavy atom. The van der Waals surface area contributed by atoms with Gasteiger partial charge in [-0.3, -0.25) is 0 Å². The minimum absolute atomic E-state index is 0.637. The summed E-state index contributed by atoms with van der Waals surface area (Å²) in [6.45, 7) is 5.47. The van der Waals surface area contributed by atoms with Crippen LogP contribution in [-0.4, -0.2) is 13.2 Å². The van der Waals surface area contributed by atoms with Crippen LogP contribution in [0.3, 0.4) is 0 Å². The Labute approximate surface area is 114 Å². The van der Waals surface area contributed by atoms with Crippen molar-refractivity contribution in [2.24, 2.45) is 0 Å². The molecule has 0 N–H and O–H groups in total. The Kier molecular flexibility index (Phi) is 6.21. The van der Waals surface area contributed by atoms with E-state index in [1.165, 1.54) is 0 Å². The van der Waals surface area contributed by atoms with Crippen LogP contribution in [0.5, 0.6) is 11.5 Å². The van der Waals surface area contributed by atoms with Gasteiger partial charge in [-0.25, -0.2) is 0 Å². The lowest BCUT2D eigenvalue weighted by molar-refractivity contribution is 0.272. The van der Waals surface area contributed by atoms with Crippen LogP contribution in [0.25, 0.3) is 0 Å². The van der Waals surface area contributed by atoms with Gasteiger partial charge in [0.1, 0.15) is 0 Å². The Balaban J connectivity index is 2.82. The number of unbranched alkanes of at least 4 members (excludes halogenated alkanes) is 1. The van der Waals surface area contributed by atoms with Crippen LogP contribution in [-0.2, 0) is 0 Å². The summed E-state index contributed by atoms with van der Waals surface area (Å²) in [4.78, 5) is 0. The summed E-state index contributed by atoms with van der Waals surface area (Å²) in [5.74, 6) is 1.58. The second-order valence-corrected chi connectivity index (χ2v) is 5.06. The molecule has 0 spiro atoms. The number of rotatable bonds is 6. The lowest BCUT2D eigenvalue weighted by Gasteiger charge is -2.13. The van der Waals surface area contributed by atoms with Gasteiger partial charge in [0, 0.05) is 8.95 Å². The van der Waals surface area contributed by atoms with E-state index in [2.05, 4.69) is 38.8 Å². The molecule has 0 aliphatic carbocycles. The van der Waals surface area contributed by atoms with Gasteiger partial charge in [-0.2, -0.15) is 0 Å². The highest BCUT2D eigenvalue weighted by atomic mass is 79.9. The molecule has 0 saturated heterocycles. The first-order chi connectivity index (χ1) is 7.69. The molecular weight excluding hydrogens is 336 g/mol. The minimum atomic E-state index is 0.637. The standard InChI is InChI=1S/C12H16Br2O2/c1-3-5-6-16-12-8-10(14)9(13)7-11(12)15-4-2/h7-8H,3-6H2,1-2H3. The number of halogens is 2. The first-order valence-electron chi connectivity index (χ1n) is 5.43. The predicted octanol–water partition coefficient (Wildman–Crippen LogP) is 4.79. The van der Waals surface area contributed by atoms with Gasteiger partial charge in [-0.15, -0.1) is 0 Å². The Hall–Kier alpha value is -0.220. The van der Waals surface area contributed by atoms with Crippen molar-refractivity contribution in [3.05, 3.63) is 21.1 Å². The lowest BCUT2D eigenvalue weighted by Crippen LogP contribution is -2.00. The molecule has 0 saturated carbocycles. The van der Waals surface area contributed by atoms with Gasteiger partial charge in [0.25, 0.3) is 0 Å². The normalized spacial score (nSPS) is 10.2. The smallest absolute Gasteiger partial charge is 0.162 e. The summed E-state index contributed by atoms with van der Waals surface area (Å²) < 4.78 is 13.2. The van der Waals surface area contributed by atoms with Gasteiger partial charge in [-0.05, 0) is 57.3 Å². The Morgan fingerprint density at radius 2 is 1.56 bits per heavy atom. The van der Waals surface area contributed by atoms with E-state index in [9.17, 15) is 0 Å². The second-order valence-electron chi connectivity index (χ2n) is 3.35. The molecule has 1 aromatic rings. The fourth-order valence-electron chi connectivity index (χ4n) is 1.22. The molecule has 1 rings (SSSR count). The molecular formula is C12H16Br2O2. The highest BCUT2D eigenvalue weighted by Crippen LogP contribution is 2.36. The van der Waals surface area contributed by atoms with E-state index in [0.717, 1.165) is 39.9 Å². The fraction of sp³-hybridized carbons (Fsp3) is 0.500. The molecule has 2 nitrogen and oxygen atoms in total. The fourth-order valence-corrected chi connectivity index (χ4v) is 1.86. The number of benzene rings is 1. The molecule has 0 radical (unpaired) electrons. The maximum atomic E-state index is 5.69. The van der Waals surface area contributed by atoms with Crippen molar-refractivity contribution in [1.82, 2.24) is 0 Å². The molecule has 0 amide bonds. The van der Waals surface area contributed by atoms with Crippen molar-refractivity contribution in [3.8, 4) is 11.5 Å². The zero-order valence-corrected chi connectivity index (χ0v) is 12.7. The zero-order valence-electron chi connectivity index (χ0n) is 9.56. The van der Waals surface area contributed by atoms with E-state index in [-0.39, 0.29) is 0 Å². The quantitative estimate of drug-likeness (QED) is 0.686. The maximum absolute atomic E-state index is 5.69. The number of hydrogen-bond acceptors (Lipinski definition) is 2. The van der Waals surface area contributed by atoms with E-state index in [1.54, 1.807) is 0 Å². The summed E-state index contributed by atoms with van der Waals surface area (Å²) >= 11 is 6.91. The average Bonchev–Trinajstić information content (AvgIpc) is 2.25. The van der Waals surface area contributed by atoms with Gasteiger partial charge in [0.05, 0.1) is 13.2 Å². The third-order valence-corrected chi connectivity index (χ3v) is 3.89. The monoisotopic (exact) mass is 350 g/mol. The van der Waals surface area contributed by atoms with Crippen LogP contribution in [0.4, 0.5) is 0 Å². The van der Waals surface area contributed by atoms with Crippen LogP contribution in [0, 0.1) is 0 Å². The van der Waals surface area contributed by atoms with Crippen LogP contribution in [0.15, 0.2) is 21.1 Å². The molecule has 4 heteroatoms. The molecule has 0 unspecified atom stereocenters. The van der Waals surface area contributed by atoms with E-state index in [0.29, 0.717) is 6.61 Å². The number of ether oxygens (including phenoxy) is 2. The van der Waals surface area contributed by atoms with Gasteiger partial charge in [0.2, 0.25) is 0 Å². The maximum Gasteiger partial charge on any atom is 0.162 e. The van der Waals surface area contributed by atoms with Crippen LogP contribution in [0.2, 0.25) is 0 Å². The average molecular weight is 352 g/mol. The van der Waals surface area contributed by atoms with Gasteiger partial charge >= 0.3 is 0 Å². The Morgan fingerprint density at radius 1 is 1.00 bits per heavy atom.